The van der Waals surface area contributed by atoms with Crippen molar-refractivity contribution in [1.82, 2.24) is 0 Å². The SMILES string of the molecule is CC1CCC(C(C)C)C(OOC(=O)CCCCCCCCC(C)(C)C)C1. The number of hydrogen-bond acceptors (Lipinski definition) is 3. The minimum Gasteiger partial charge on any atom is -0.298 e. The van der Waals surface area contributed by atoms with E-state index in [0.717, 1.165) is 19.3 Å². The van der Waals surface area contributed by atoms with Gasteiger partial charge >= 0.3 is 5.97 Å². The molecule has 0 aromatic carbocycles. The standard InChI is InChI=1S/C23H44O3/c1-18(2)20-15-14-19(3)17-21(20)25-26-22(24)13-11-9-7-8-10-12-16-23(4,5)6/h18-21H,7-17H2,1-6H3. The molecule has 0 heterocycles. The number of carbonyl (C=O) groups excluding carboxylic acids is 1. The van der Waals surface area contributed by atoms with Crippen LogP contribution in [0.2, 0.25) is 0 Å². The Labute approximate surface area is 162 Å². The van der Waals surface area contributed by atoms with E-state index in [2.05, 4.69) is 41.5 Å². The Hall–Kier alpha value is -0.570. The summed E-state index contributed by atoms with van der Waals surface area (Å²) in [5.74, 6) is 1.54. The van der Waals surface area contributed by atoms with Gasteiger partial charge in [-0.2, -0.15) is 4.89 Å². The molecular formula is C23H44O3. The molecule has 0 aliphatic heterocycles. The molecule has 154 valence electrons. The summed E-state index contributed by atoms with van der Waals surface area (Å²) in [4.78, 5) is 22.7. The molecule has 1 fully saturated rings. The summed E-state index contributed by atoms with van der Waals surface area (Å²) in [6.07, 6.45) is 12.4. The van der Waals surface area contributed by atoms with Crippen molar-refractivity contribution in [3.63, 3.8) is 0 Å². The van der Waals surface area contributed by atoms with Crippen LogP contribution in [-0.4, -0.2) is 12.1 Å². The molecule has 0 saturated heterocycles. The Balaban J connectivity index is 2.07. The summed E-state index contributed by atoms with van der Waals surface area (Å²) in [5, 5.41) is 0. The van der Waals surface area contributed by atoms with Crippen LogP contribution in [0.15, 0.2) is 0 Å². The topological polar surface area (TPSA) is 35.5 Å². The van der Waals surface area contributed by atoms with Gasteiger partial charge in [-0.1, -0.05) is 80.1 Å². The largest absolute Gasteiger partial charge is 0.342 e. The van der Waals surface area contributed by atoms with Gasteiger partial charge in [-0.15, -0.1) is 0 Å². The molecule has 1 rings (SSSR count). The van der Waals surface area contributed by atoms with Gasteiger partial charge in [0.1, 0.15) is 6.10 Å². The average Bonchev–Trinajstić information content (AvgIpc) is 2.54. The molecule has 0 amide bonds. The van der Waals surface area contributed by atoms with Crippen molar-refractivity contribution in [2.75, 3.05) is 0 Å². The monoisotopic (exact) mass is 368 g/mol. The summed E-state index contributed by atoms with van der Waals surface area (Å²) >= 11 is 0. The van der Waals surface area contributed by atoms with Gasteiger partial charge in [-0.25, -0.2) is 4.79 Å². The fraction of sp³-hybridized carbons (Fsp3) is 0.957. The Kier molecular flexibility index (Phi) is 10.8. The maximum absolute atomic E-state index is 11.9. The molecule has 1 aliphatic carbocycles. The second-order valence-corrected chi connectivity index (χ2v) is 10.1. The van der Waals surface area contributed by atoms with Crippen LogP contribution in [0.25, 0.3) is 0 Å². The van der Waals surface area contributed by atoms with Crippen LogP contribution >= 0.6 is 0 Å². The first-order valence-electron chi connectivity index (χ1n) is 11.0. The zero-order chi connectivity index (χ0) is 19.6. The van der Waals surface area contributed by atoms with Crippen molar-refractivity contribution in [2.24, 2.45) is 23.2 Å². The lowest BCUT2D eigenvalue weighted by Crippen LogP contribution is -2.34. The van der Waals surface area contributed by atoms with Gasteiger partial charge in [0.05, 0.1) is 0 Å². The molecule has 0 bridgehead atoms. The molecule has 0 radical (unpaired) electrons. The third-order valence-electron chi connectivity index (χ3n) is 5.78. The highest BCUT2D eigenvalue weighted by Crippen LogP contribution is 2.35. The molecule has 1 aliphatic rings. The Bertz CT molecular complexity index is 383. The van der Waals surface area contributed by atoms with Crippen molar-refractivity contribution >= 4 is 5.97 Å². The third kappa shape index (κ3) is 10.5. The minimum absolute atomic E-state index is 0.0746. The highest BCUT2D eigenvalue weighted by atomic mass is 17.2. The number of hydrogen-bond donors (Lipinski definition) is 0. The fourth-order valence-electron chi connectivity index (χ4n) is 4.01. The van der Waals surface area contributed by atoms with E-state index >= 15 is 0 Å². The van der Waals surface area contributed by atoms with E-state index < -0.39 is 0 Å². The molecule has 3 heteroatoms. The Morgan fingerprint density at radius 2 is 1.62 bits per heavy atom. The minimum atomic E-state index is -0.196. The summed E-state index contributed by atoms with van der Waals surface area (Å²) in [5.41, 5.74) is 0.453. The number of rotatable bonds is 11. The van der Waals surface area contributed by atoms with Crippen LogP contribution in [0.3, 0.4) is 0 Å². The van der Waals surface area contributed by atoms with Gasteiger partial charge in [-0.3, -0.25) is 4.89 Å². The number of carbonyl (C=O) groups is 1. The van der Waals surface area contributed by atoms with Gasteiger partial charge in [-0.05, 0) is 48.9 Å². The highest BCUT2D eigenvalue weighted by molar-refractivity contribution is 5.68. The molecule has 0 N–H and O–H groups in total. The summed E-state index contributed by atoms with van der Waals surface area (Å²) in [6, 6.07) is 0. The van der Waals surface area contributed by atoms with Crippen molar-refractivity contribution in [3.8, 4) is 0 Å². The maximum Gasteiger partial charge on any atom is 0.342 e. The van der Waals surface area contributed by atoms with Gasteiger partial charge in [0.2, 0.25) is 0 Å². The van der Waals surface area contributed by atoms with Crippen molar-refractivity contribution in [1.29, 1.82) is 0 Å². The first kappa shape index (κ1) is 23.5. The molecule has 3 nitrogen and oxygen atoms in total. The van der Waals surface area contributed by atoms with Crippen LogP contribution in [0.1, 0.15) is 112 Å². The quantitative estimate of drug-likeness (QED) is 0.222. The second-order valence-electron chi connectivity index (χ2n) is 10.1. The van der Waals surface area contributed by atoms with Crippen molar-refractivity contribution in [2.45, 2.75) is 118 Å². The molecule has 3 atom stereocenters. The Morgan fingerprint density at radius 1 is 1.00 bits per heavy atom. The van der Waals surface area contributed by atoms with Crippen LogP contribution in [-0.2, 0) is 14.6 Å². The van der Waals surface area contributed by atoms with Crippen LogP contribution in [0, 0.1) is 23.2 Å². The lowest BCUT2D eigenvalue weighted by Gasteiger charge is -2.35. The Morgan fingerprint density at radius 3 is 2.23 bits per heavy atom. The molecule has 0 spiro atoms. The van der Waals surface area contributed by atoms with E-state index in [1.165, 1.54) is 44.9 Å². The molecule has 26 heavy (non-hydrogen) atoms. The zero-order valence-corrected chi connectivity index (χ0v) is 18.3. The zero-order valence-electron chi connectivity index (χ0n) is 18.3. The fourth-order valence-corrected chi connectivity index (χ4v) is 4.01. The van der Waals surface area contributed by atoms with E-state index in [1.54, 1.807) is 0 Å². The average molecular weight is 369 g/mol. The lowest BCUT2D eigenvalue weighted by atomic mass is 9.75. The van der Waals surface area contributed by atoms with Crippen molar-refractivity contribution in [3.05, 3.63) is 0 Å². The predicted octanol–water partition coefficient (Wildman–Crippen LogP) is 7.09. The van der Waals surface area contributed by atoms with E-state index in [-0.39, 0.29) is 12.1 Å². The maximum atomic E-state index is 11.9. The predicted molar refractivity (Wildman–Crippen MR) is 109 cm³/mol. The van der Waals surface area contributed by atoms with Gasteiger partial charge < -0.3 is 0 Å². The molecule has 0 aromatic heterocycles. The first-order valence-corrected chi connectivity index (χ1v) is 11.0. The molecule has 0 aromatic rings. The molecule has 1 saturated carbocycles. The van der Waals surface area contributed by atoms with Crippen molar-refractivity contribution < 1.29 is 14.6 Å². The first-order chi connectivity index (χ1) is 12.2. The van der Waals surface area contributed by atoms with E-state index in [0.29, 0.717) is 29.6 Å². The van der Waals surface area contributed by atoms with E-state index in [9.17, 15) is 4.79 Å². The summed E-state index contributed by atoms with van der Waals surface area (Å²) in [7, 11) is 0. The van der Waals surface area contributed by atoms with Crippen LogP contribution < -0.4 is 0 Å². The third-order valence-corrected chi connectivity index (χ3v) is 5.78. The van der Waals surface area contributed by atoms with E-state index in [4.69, 9.17) is 9.78 Å². The van der Waals surface area contributed by atoms with Crippen LogP contribution in [0.5, 0.6) is 0 Å². The summed E-state index contributed by atoms with van der Waals surface area (Å²) in [6.45, 7) is 13.6. The molecule has 3 unspecified atom stereocenters. The smallest absolute Gasteiger partial charge is 0.298 e. The lowest BCUT2D eigenvalue weighted by molar-refractivity contribution is -0.315. The van der Waals surface area contributed by atoms with Crippen LogP contribution in [0.4, 0.5) is 0 Å². The normalized spacial score (nSPS) is 24.0. The van der Waals surface area contributed by atoms with Gasteiger partial charge in [0, 0.05) is 6.42 Å². The van der Waals surface area contributed by atoms with E-state index in [1.807, 2.05) is 0 Å². The number of unbranched alkanes of at least 4 members (excludes halogenated alkanes) is 5. The molecular weight excluding hydrogens is 324 g/mol. The van der Waals surface area contributed by atoms with Gasteiger partial charge in [0.15, 0.2) is 0 Å². The summed E-state index contributed by atoms with van der Waals surface area (Å²) < 4.78 is 0. The second kappa shape index (κ2) is 12.0. The van der Waals surface area contributed by atoms with Gasteiger partial charge in [0.25, 0.3) is 0 Å². The highest BCUT2D eigenvalue weighted by Gasteiger charge is 2.33.